The third kappa shape index (κ3) is 33.8. The van der Waals surface area contributed by atoms with Crippen LogP contribution in [-0.4, -0.2) is 79.5 Å². The van der Waals surface area contributed by atoms with E-state index in [9.17, 15) is 24.0 Å². The van der Waals surface area contributed by atoms with Crippen LogP contribution in [0.2, 0.25) is 0 Å². The minimum atomic E-state index is -1.17. The molecule has 0 aliphatic heterocycles. The van der Waals surface area contributed by atoms with E-state index in [2.05, 4.69) is 0 Å². The molecule has 0 aliphatic carbocycles. The SMILES string of the molecule is CC(C)C[C@H](N)C(=O)O.CC(C)C[C@H](N)C(=O)O.C[C@H](N)C(=O)O.N[C@@H](CCC(=O)O)C(=O)O. The zero-order valence-corrected chi connectivity index (χ0v) is 20.4. The number of hydrogen-bond donors (Lipinski definition) is 9. The van der Waals surface area contributed by atoms with Crippen LogP contribution in [0.4, 0.5) is 0 Å². The van der Waals surface area contributed by atoms with Crippen molar-refractivity contribution < 1.29 is 49.5 Å². The maximum Gasteiger partial charge on any atom is 0.320 e. The van der Waals surface area contributed by atoms with E-state index in [1.165, 1.54) is 6.92 Å². The highest BCUT2D eigenvalue weighted by Gasteiger charge is 2.13. The molecule has 0 fully saturated rings. The molecule has 0 bridgehead atoms. The fraction of sp³-hybridized carbons (Fsp3) is 0.750. The Kier molecular flexibility index (Phi) is 24.9. The first-order valence-corrected chi connectivity index (χ1v) is 10.4. The first-order valence-electron chi connectivity index (χ1n) is 10.4. The topological polar surface area (TPSA) is 291 Å². The van der Waals surface area contributed by atoms with Gasteiger partial charge in [0.2, 0.25) is 0 Å². The van der Waals surface area contributed by atoms with Crippen molar-refractivity contribution in [2.75, 3.05) is 0 Å². The van der Waals surface area contributed by atoms with Gasteiger partial charge in [0.25, 0.3) is 0 Å². The summed E-state index contributed by atoms with van der Waals surface area (Å²) in [6, 6.07) is -3.17. The summed E-state index contributed by atoms with van der Waals surface area (Å²) >= 11 is 0. The van der Waals surface area contributed by atoms with Crippen LogP contribution in [-0.2, 0) is 24.0 Å². The molecule has 14 heteroatoms. The van der Waals surface area contributed by atoms with Gasteiger partial charge < -0.3 is 48.5 Å². The van der Waals surface area contributed by atoms with Gasteiger partial charge in [-0.1, -0.05) is 27.7 Å². The van der Waals surface area contributed by atoms with E-state index >= 15 is 0 Å². The molecule has 0 radical (unpaired) electrons. The molecule has 0 spiro atoms. The van der Waals surface area contributed by atoms with Crippen LogP contribution in [0.1, 0.15) is 60.3 Å². The Morgan fingerprint density at radius 1 is 0.559 bits per heavy atom. The maximum absolute atomic E-state index is 10.1. The van der Waals surface area contributed by atoms with Gasteiger partial charge in [0, 0.05) is 6.42 Å². The minimum absolute atomic E-state index is 0.0231. The first kappa shape index (κ1) is 38.5. The average molecular weight is 499 g/mol. The number of carboxylic acids is 5. The third-order valence-corrected chi connectivity index (χ3v) is 3.46. The molecule has 13 N–H and O–H groups in total. The van der Waals surface area contributed by atoms with E-state index in [-0.39, 0.29) is 12.8 Å². The van der Waals surface area contributed by atoms with Crippen LogP contribution in [0, 0.1) is 11.8 Å². The largest absolute Gasteiger partial charge is 0.481 e. The Labute approximate surface area is 199 Å². The Balaban J connectivity index is -0.000000179. The van der Waals surface area contributed by atoms with Gasteiger partial charge in [-0.15, -0.1) is 0 Å². The Bertz CT molecular complexity index is 586. The van der Waals surface area contributed by atoms with Crippen molar-refractivity contribution in [1.29, 1.82) is 0 Å². The summed E-state index contributed by atoms with van der Waals surface area (Å²) < 4.78 is 0. The van der Waals surface area contributed by atoms with Crippen molar-refractivity contribution in [2.24, 2.45) is 34.8 Å². The van der Waals surface area contributed by atoms with Crippen molar-refractivity contribution in [3.8, 4) is 0 Å². The molecule has 0 aliphatic rings. The predicted octanol–water partition coefficient (Wildman–Crippen LogP) is -0.430. The van der Waals surface area contributed by atoms with Crippen molar-refractivity contribution in [2.45, 2.75) is 84.5 Å². The molecule has 4 atom stereocenters. The average Bonchev–Trinajstić information content (AvgIpc) is 2.66. The van der Waals surface area contributed by atoms with Crippen LogP contribution in [0.5, 0.6) is 0 Å². The zero-order valence-electron chi connectivity index (χ0n) is 20.4. The fourth-order valence-corrected chi connectivity index (χ4v) is 1.62. The van der Waals surface area contributed by atoms with Gasteiger partial charge in [0.1, 0.15) is 24.2 Å². The smallest absolute Gasteiger partial charge is 0.320 e. The lowest BCUT2D eigenvalue weighted by atomic mass is 10.1. The highest BCUT2D eigenvalue weighted by Crippen LogP contribution is 2.02. The summed E-state index contributed by atoms with van der Waals surface area (Å²) in [7, 11) is 0. The number of carbonyl (C=O) groups is 5. The first-order chi connectivity index (χ1) is 15.3. The Morgan fingerprint density at radius 3 is 0.941 bits per heavy atom. The minimum Gasteiger partial charge on any atom is -0.481 e. The summed E-state index contributed by atoms with van der Waals surface area (Å²) in [5.74, 6) is -4.27. The lowest BCUT2D eigenvalue weighted by Crippen LogP contribution is -2.31. The molecule has 202 valence electrons. The lowest BCUT2D eigenvalue weighted by Gasteiger charge is -2.07. The number of nitrogens with two attached hydrogens (primary N) is 4. The van der Waals surface area contributed by atoms with Gasteiger partial charge in [-0.3, -0.25) is 24.0 Å². The molecular formula is C20H42N4O10. The highest BCUT2D eigenvalue weighted by molar-refractivity contribution is 5.75. The van der Waals surface area contributed by atoms with Crippen LogP contribution < -0.4 is 22.9 Å². The second-order valence-electron chi connectivity index (χ2n) is 8.15. The van der Waals surface area contributed by atoms with Crippen molar-refractivity contribution in [3.63, 3.8) is 0 Å². The second kappa shape index (κ2) is 22.0. The van der Waals surface area contributed by atoms with Crippen LogP contribution in [0.3, 0.4) is 0 Å². The number of carboxylic acid groups (broad SMARTS) is 5. The zero-order chi connectivity index (χ0) is 28.2. The van der Waals surface area contributed by atoms with Crippen LogP contribution in [0.25, 0.3) is 0 Å². The van der Waals surface area contributed by atoms with E-state index < -0.39 is 54.0 Å². The number of aliphatic carboxylic acids is 5. The van der Waals surface area contributed by atoms with Crippen molar-refractivity contribution in [3.05, 3.63) is 0 Å². The molecule has 0 saturated heterocycles. The predicted molar refractivity (Wildman–Crippen MR) is 124 cm³/mol. The summed E-state index contributed by atoms with van der Waals surface area (Å²) in [4.78, 5) is 49.7. The number of rotatable bonds is 11. The second-order valence-corrected chi connectivity index (χ2v) is 8.15. The fourth-order valence-electron chi connectivity index (χ4n) is 1.62. The molecule has 0 unspecified atom stereocenters. The van der Waals surface area contributed by atoms with Gasteiger partial charge in [-0.25, -0.2) is 0 Å². The molecule has 0 aromatic carbocycles. The summed E-state index contributed by atoms with van der Waals surface area (Å²) in [6.45, 7) is 9.21. The highest BCUT2D eigenvalue weighted by atomic mass is 16.4. The molecule has 0 rings (SSSR count). The molecule has 0 saturated carbocycles. The van der Waals surface area contributed by atoms with E-state index in [1.807, 2.05) is 27.7 Å². The molecule has 0 heterocycles. The molecule has 34 heavy (non-hydrogen) atoms. The van der Waals surface area contributed by atoms with Gasteiger partial charge >= 0.3 is 29.8 Å². The van der Waals surface area contributed by atoms with Gasteiger partial charge in [-0.05, 0) is 38.0 Å². The molecule has 14 nitrogen and oxygen atoms in total. The van der Waals surface area contributed by atoms with Crippen molar-refractivity contribution >= 4 is 29.8 Å². The standard InChI is InChI=1S/2C6H13NO2.C5H9NO4.C3H7NO2/c2*1-4(2)3-5(7)6(8)9;6-3(5(9)10)1-2-4(7)8;1-2(4)3(5)6/h2*4-5H,3,7H2,1-2H3,(H,8,9);3H,1-2,6H2,(H,7,8)(H,9,10);2H,4H2,1H3,(H,5,6)/t2*5-;3-;2-/m0000/s1. The van der Waals surface area contributed by atoms with Crippen LogP contribution >= 0.6 is 0 Å². The van der Waals surface area contributed by atoms with Crippen LogP contribution in [0.15, 0.2) is 0 Å². The molecule has 0 amide bonds. The molecular weight excluding hydrogens is 456 g/mol. The van der Waals surface area contributed by atoms with Crippen molar-refractivity contribution in [1.82, 2.24) is 0 Å². The Hall–Kier alpha value is -2.81. The van der Waals surface area contributed by atoms with E-state index in [4.69, 9.17) is 48.5 Å². The van der Waals surface area contributed by atoms with E-state index in [1.54, 1.807) is 0 Å². The van der Waals surface area contributed by atoms with E-state index in [0.29, 0.717) is 24.7 Å². The van der Waals surface area contributed by atoms with Gasteiger partial charge in [0.15, 0.2) is 0 Å². The molecule has 0 aromatic heterocycles. The van der Waals surface area contributed by atoms with E-state index in [0.717, 1.165) is 0 Å². The van der Waals surface area contributed by atoms with Gasteiger partial charge in [0.05, 0.1) is 0 Å². The summed E-state index contributed by atoms with van der Waals surface area (Å²) in [5.41, 5.74) is 20.3. The lowest BCUT2D eigenvalue weighted by molar-refractivity contribution is -0.141. The number of hydrogen-bond acceptors (Lipinski definition) is 9. The molecule has 0 aromatic rings. The maximum atomic E-state index is 10.1. The Morgan fingerprint density at radius 2 is 0.824 bits per heavy atom. The quantitative estimate of drug-likeness (QED) is 0.175. The van der Waals surface area contributed by atoms with Gasteiger partial charge in [-0.2, -0.15) is 0 Å². The summed E-state index contributed by atoms with van der Waals surface area (Å²) in [6.07, 6.45) is 0.878. The normalized spacial score (nSPS) is 13.4. The monoisotopic (exact) mass is 498 g/mol. The third-order valence-electron chi connectivity index (χ3n) is 3.46. The summed E-state index contributed by atoms with van der Waals surface area (Å²) in [5, 5.41) is 40.8.